The zero-order chi connectivity index (χ0) is 28.7. The lowest BCUT2D eigenvalue weighted by Crippen LogP contribution is -2.63. The van der Waals surface area contributed by atoms with Crippen molar-refractivity contribution in [3.8, 4) is 0 Å². The maximum absolute atomic E-state index is 14.1. The molecule has 5 aliphatic carbocycles. The van der Waals surface area contributed by atoms with Gasteiger partial charge in [0.15, 0.2) is 5.78 Å². The summed E-state index contributed by atoms with van der Waals surface area (Å²) in [6, 6.07) is 3.89. The quantitative estimate of drug-likeness (QED) is 0.443. The van der Waals surface area contributed by atoms with Crippen LogP contribution < -0.4 is 5.32 Å². The maximum Gasteiger partial charge on any atom is 0.231 e. The van der Waals surface area contributed by atoms with Gasteiger partial charge in [0.05, 0.1) is 11.5 Å². The molecule has 0 spiro atoms. The lowest BCUT2D eigenvalue weighted by Gasteiger charge is -2.68. The molecule has 1 heterocycles. The van der Waals surface area contributed by atoms with Crippen LogP contribution in [0.3, 0.4) is 0 Å². The number of rotatable bonds is 4. The fourth-order valence-corrected chi connectivity index (χ4v) is 11.4. The summed E-state index contributed by atoms with van der Waals surface area (Å²) in [5.41, 5.74) is 2.86. The van der Waals surface area contributed by atoms with Crippen LogP contribution in [0.15, 0.2) is 35.7 Å². The average molecular weight is 547 g/mol. The van der Waals surface area contributed by atoms with E-state index in [0.717, 1.165) is 49.7 Å². The zero-order valence-electron chi connectivity index (χ0n) is 25.6. The lowest BCUT2D eigenvalue weighted by molar-refractivity contribution is -0.203. The Balaban J connectivity index is 1.35. The highest BCUT2D eigenvalue weighted by Crippen LogP contribution is 2.72. The minimum Gasteiger partial charge on any atom is -0.393 e. The number of aliphatic hydroxyl groups excluding tert-OH is 1. The molecule has 0 radical (unpaired) electrons. The number of Topliss-reactive ketones (excluding diaryl/α,β-unsaturated/α-hetero) is 1. The van der Waals surface area contributed by atoms with Crippen LogP contribution in [0.5, 0.6) is 0 Å². The molecule has 8 atom stereocenters. The molecule has 1 aromatic heterocycles. The van der Waals surface area contributed by atoms with Gasteiger partial charge in [-0.05, 0) is 120 Å². The van der Waals surface area contributed by atoms with Crippen LogP contribution in [0.25, 0.3) is 0 Å². The van der Waals surface area contributed by atoms with E-state index in [-0.39, 0.29) is 40.0 Å². The van der Waals surface area contributed by atoms with E-state index in [0.29, 0.717) is 36.6 Å². The van der Waals surface area contributed by atoms with E-state index in [1.54, 1.807) is 12.4 Å². The van der Waals surface area contributed by atoms with Crippen LogP contribution in [-0.4, -0.2) is 27.9 Å². The number of ketones is 1. The predicted octanol–water partition coefficient (Wildman–Crippen LogP) is 6.65. The fraction of sp³-hybridized carbons (Fsp3) is 0.743. The number of carbonyl (C=O) groups is 2. The van der Waals surface area contributed by atoms with Crippen molar-refractivity contribution >= 4 is 11.7 Å². The molecule has 1 amide bonds. The topological polar surface area (TPSA) is 79.3 Å². The summed E-state index contributed by atoms with van der Waals surface area (Å²) in [5, 5.41) is 14.2. The summed E-state index contributed by atoms with van der Waals surface area (Å²) in [6.45, 7) is 14.4. The Morgan fingerprint density at radius 1 is 1.02 bits per heavy atom. The number of pyridine rings is 1. The highest BCUT2D eigenvalue weighted by atomic mass is 16.3. The molecule has 6 rings (SSSR count). The Kier molecular flexibility index (Phi) is 6.68. The Hall–Kier alpha value is -2.01. The second kappa shape index (κ2) is 9.51. The van der Waals surface area contributed by atoms with Crippen LogP contribution in [0, 0.1) is 51.2 Å². The van der Waals surface area contributed by atoms with Gasteiger partial charge in [-0.2, -0.15) is 0 Å². The number of carbonyl (C=O) groups excluding carboxylic acids is 2. The van der Waals surface area contributed by atoms with Gasteiger partial charge in [0.2, 0.25) is 5.91 Å². The van der Waals surface area contributed by atoms with Crippen LogP contribution in [0.1, 0.15) is 105 Å². The third-order valence-electron chi connectivity index (χ3n) is 13.2. The molecular weight excluding hydrogens is 496 g/mol. The number of nitrogens with zero attached hydrogens (tertiary/aromatic N) is 1. The van der Waals surface area contributed by atoms with Crippen LogP contribution >= 0.6 is 0 Å². The van der Waals surface area contributed by atoms with Crippen molar-refractivity contribution in [2.24, 2.45) is 51.2 Å². The van der Waals surface area contributed by atoms with Gasteiger partial charge in [-0.1, -0.05) is 47.6 Å². The van der Waals surface area contributed by atoms with Gasteiger partial charge in [0.1, 0.15) is 0 Å². The number of allylic oxidation sites excluding steroid dienone is 1. The SMILES string of the molecule is CC(C)C1=C2C3CCC4C5(C)CC[C@H](O)C(C)(C)C5CC[C@@]4(C)C3CC[C@@]2(C(=O)NCc2cccnc2)CC1=O. The van der Waals surface area contributed by atoms with Gasteiger partial charge >= 0.3 is 0 Å². The average Bonchev–Trinajstić information content (AvgIpc) is 3.23. The van der Waals surface area contributed by atoms with Crippen molar-refractivity contribution in [2.75, 3.05) is 0 Å². The van der Waals surface area contributed by atoms with Gasteiger partial charge in [-0.3, -0.25) is 14.6 Å². The molecule has 5 unspecified atom stereocenters. The van der Waals surface area contributed by atoms with Crippen LogP contribution in [0.4, 0.5) is 0 Å². The third kappa shape index (κ3) is 3.85. The van der Waals surface area contributed by atoms with Gasteiger partial charge < -0.3 is 10.4 Å². The van der Waals surface area contributed by atoms with Gasteiger partial charge in [-0.15, -0.1) is 0 Å². The van der Waals surface area contributed by atoms with E-state index in [4.69, 9.17) is 0 Å². The van der Waals surface area contributed by atoms with E-state index in [2.05, 4.69) is 51.8 Å². The fourth-order valence-electron chi connectivity index (χ4n) is 11.4. The predicted molar refractivity (Wildman–Crippen MR) is 157 cm³/mol. The van der Waals surface area contributed by atoms with E-state index in [1.807, 2.05) is 12.1 Å². The normalized spacial score (nSPS) is 42.1. The number of aliphatic hydroxyl groups is 1. The van der Waals surface area contributed by atoms with E-state index >= 15 is 0 Å². The summed E-state index contributed by atoms with van der Waals surface area (Å²) in [7, 11) is 0. The van der Waals surface area contributed by atoms with Crippen molar-refractivity contribution in [1.29, 1.82) is 0 Å². The second-order valence-electron chi connectivity index (χ2n) is 15.6. The van der Waals surface area contributed by atoms with Crippen molar-refractivity contribution in [1.82, 2.24) is 10.3 Å². The first-order valence-electron chi connectivity index (χ1n) is 16.0. The molecule has 0 saturated heterocycles. The molecule has 5 nitrogen and oxygen atoms in total. The van der Waals surface area contributed by atoms with Crippen molar-refractivity contribution in [2.45, 2.75) is 112 Å². The van der Waals surface area contributed by atoms with Crippen molar-refractivity contribution in [3.05, 3.63) is 41.2 Å². The number of aromatic nitrogens is 1. The molecule has 4 saturated carbocycles. The van der Waals surface area contributed by atoms with E-state index < -0.39 is 5.41 Å². The molecule has 5 aliphatic rings. The molecule has 218 valence electrons. The lowest BCUT2D eigenvalue weighted by atomic mass is 9.36. The minimum absolute atomic E-state index is 0.0415. The first kappa shape index (κ1) is 28.1. The monoisotopic (exact) mass is 546 g/mol. The number of nitrogens with one attached hydrogen (secondary N) is 1. The Bertz CT molecular complexity index is 1220. The Labute approximate surface area is 241 Å². The molecule has 4 fully saturated rings. The largest absolute Gasteiger partial charge is 0.393 e. The standard InChI is InChI=1S/C35H50N2O3/c1-21(2)29-25(38)18-35(31(40)37-20-22-8-7-17-36-19-22)16-11-24-23(30(29)35)9-10-27-33(24,5)14-12-26-32(3,4)28(39)13-15-34(26,27)6/h7-8,17,19,21,23-24,26-28,39H,9-16,18,20H2,1-6H3,(H,37,40)/t23?,24?,26?,27?,28-,33-,34?,35+/m0/s1. The zero-order valence-corrected chi connectivity index (χ0v) is 25.6. The van der Waals surface area contributed by atoms with Crippen molar-refractivity contribution < 1.29 is 14.7 Å². The molecule has 1 aromatic rings. The Morgan fingerprint density at radius 2 is 1.77 bits per heavy atom. The number of hydrogen-bond donors (Lipinski definition) is 2. The first-order valence-corrected chi connectivity index (χ1v) is 16.0. The maximum atomic E-state index is 14.1. The molecular formula is C35H50N2O3. The second-order valence-corrected chi connectivity index (χ2v) is 15.6. The highest BCUT2D eigenvalue weighted by molar-refractivity contribution is 6.06. The molecule has 0 aliphatic heterocycles. The van der Waals surface area contributed by atoms with E-state index in [9.17, 15) is 14.7 Å². The summed E-state index contributed by atoms with van der Waals surface area (Å²) in [6.07, 6.45) is 12.1. The molecule has 40 heavy (non-hydrogen) atoms. The summed E-state index contributed by atoms with van der Waals surface area (Å²) in [5.74, 6) is 2.36. The molecule has 0 bridgehead atoms. The Morgan fingerprint density at radius 3 is 2.48 bits per heavy atom. The summed E-state index contributed by atoms with van der Waals surface area (Å²) >= 11 is 0. The van der Waals surface area contributed by atoms with Gasteiger partial charge in [-0.25, -0.2) is 0 Å². The smallest absolute Gasteiger partial charge is 0.231 e. The molecule has 2 N–H and O–H groups in total. The summed E-state index contributed by atoms with van der Waals surface area (Å²) in [4.78, 5) is 32.0. The number of amides is 1. The third-order valence-corrected chi connectivity index (χ3v) is 13.2. The number of fused-ring (bicyclic) bond motifs is 7. The van der Waals surface area contributed by atoms with Crippen LogP contribution in [0.2, 0.25) is 0 Å². The first-order chi connectivity index (χ1) is 18.9. The molecule has 0 aromatic carbocycles. The van der Waals surface area contributed by atoms with Crippen molar-refractivity contribution in [3.63, 3.8) is 0 Å². The number of hydrogen-bond acceptors (Lipinski definition) is 4. The van der Waals surface area contributed by atoms with Gasteiger partial charge in [0.25, 0.3) is 0 Å². The van der Waals surface area contributed by atoms with Gasteiger partial charge in [0, 0.05) is 25.4 Å². The van der Waals surface area contributed by atoms with E-state index in [1.165, 1.54) is 18.4 Å². The van der Waals surface area contributed by atoms with Crippen LogP contribution in [-0.2, 0) is 16.1 Å². The highest BCUT2D eigenvalue weighted by Gasteiger charge is 2.67. The minimum atomic E-state index is -0.693. The molecule has 5 heteroatoms. The summed E-state index contributed by atoms with van der Waals surface area (Å²) < 4.78 is 0.